The summed E-state index contributed by atoms with van der Waals surface area (Å²) in [7, 11) is -1.56. The highest BCUT2D eigenvalue weighted by atomic mass is 32.2. The van der Waals surface area contributed by atoms with Gasteiger partial charge < -0.3 is 10.2 Å². The van der Waals surface area contributed by atoms with Crippen LogP contribution in [0.15, 0.2) is 54.6 Å². The Labute approximate surface area is 213 Å². The minimum atomic E-state index is -4.20. The van der Waals surface area contributed by atoms with Crippen LogP contribution in [0.25, 0.3) is 0 Å². The summed E-state index contributed by atoms with van der Waals surface area (Å²) in [5.41, 5.74) is 0.746. The number of rotatable bonds is 11. The van der Waals surface area contributed by atoms with Gasteiger partial charge in [0.25, 0.3) is 0 Å². The van der Waals surface area contributed by atoms with Gasteiger partial charge in [-0.3, -0.25) is 9.59 Å². The van der Waals surface area contributed by atoms with Crippen molar-refractivity contribution in [2.24, 2.45) is 0 Å². The van der Waals surface area contributed by atoms with Crippen molar-refractivity contribution in [3.8, 4) is 0 Å². The molecule has 1 unspecified atom stereocenters. The van der Waals surface area contributed by atoms with Crippen molar-refractivity contribution in [2.45, 2.75) is 51.1 Å². The van der Waals surface area contributed by atoms with Crippen LogP contribution < -0.4 is 9.62 Å². The van der Waals surface area contributed by atoms with Crippen molar-refractivity contribution in [1.29, 1.82) is 0 Å². The van der Waals surface area contributed by atoms with Gasteiger partial charge in [-0.05, 0) is 43.9 Å². The number of halogens is 1. The molecule has 0 heterocycles. The van der Waals surface area contributed by atoms with Crippen molar-refractivity contribution in [2.75, 3.05) is 31.5 Å². The van der Waals surface area contributed by atoms with Gasteiger partial charge in [0.05, 0.1) is 5.69 Å². The fraction of sp³-hybridized carbons (Fsp3) is 0.462. The predicted octanol–water partition coefficient (Wildman–Crippen LogP) is 2.96. The van der Waals surface area contributed by atoms with E-state index >= 15 is 0 Å². The molecule has 8 nitrogen and oxygen atoms in total. The van der Waals surface area contributed by atoms with E-state index in [-0.39, 0.29) is 24.2 Å². The topological polar surface area (TPSA) is 90.0 Å². The number of amides is 2. The molecule has 3 rings (SSSR count). The second kappa shape index (κ2) is 12.3. The average Bonchev–Trinajstić information content (AvgIpc) is 3.36. The highest BCUT2D eigenvalue weighted by Crippen LogP contribution is 2.24. The van der Waals surface area contributed by atoms with Gasteiger partial charge in [0, 0.05) is 26.7 Å². The van der Waals surface area contributed by atoms with Gasteiger partial charge in [0.1, 0.15) is 18.4 Å². The SMILES string of the molecule is CC(C(=O)NC1CCCC1)N(CCc1ccccc1)C(=O)CN(c1ccccc1F)S(=O)(=O)N(C)C. The maximum absolute atomic E-state index is 14.7. The summed E-state index contributed by atoms with van der Waals surface area (Å²) >= 11 is 0. The van der Waals surface area contributed by atoms with Crippen molar-refractivity contribution >= 4 is 27.7 Å². The van der Waals surface area contributed by atoms with E-state index in [9.17, 15) is 22.4 Å². The van der Waals surface area contributed by atoms with Crippen LogP contribution in [-0.2, 0) is 26.2 Å². The van der Waals surface area contributed by atoms with Crippen LogP contribution in [0.3, 0.4) is 0 Å². The minimum Gasteiger partial charge on any atom is -0.352 e. The lowest BCUT2D eigenvalue weighted by Gasteiger charge is -2.33. The quantitative estimate of drug-likeness (QED) is 0.495. The molecule has 1 N–H and O–H groups in total. The molecule has 36 heavy (non-hydrogen) atoms. The third-order valence-corrected chi connectivity index (χ3v) is 8.30. The molecule has 0 aliphatic heterocycles. The van der Waals surface area contributed by atoms with Gasteiger partial charge in [-0.15, -0.1) is 0 Å². The lowest BCUT2D eigenvalue weighted by Crippen LogP contribution is -2.54. The van der Waals surface area contributed by atoms with Crippen LogP contribution >= 0.6 is 0 Å². The number of anilines is 1. The van der Waals surface area contributed by atoms with Gasteiger partial charge in [0.15, 0.2) is 0 Å². The monoisotopic (exact) mass is 518 g/mol. The van der Waals surface area contributed by atoms with Gasteiger partial charge >= 0.3 is 10.2 Å². The van der Waals surface area contributed by atoms with Crippen molar-refractivity contribution in [1.82, 2.24) is 14.5 Å². The number of carbonyl (C=O) groups excluding carboxylic acids is 2. The Bertz CT molecular complexity index is 1140. The van der Waals surface area contributed by atoms with Gasteiger partial charge in [-0.1, -0.05) is 55.3 Å². The van der Waals surface area contributed by atoms with Crippen LogP contribution in [0.1, 0.15) is 38.2 Å². The third kappa shape index (κ3) is 6.82. The maximum Gasteiger partial charge on any atom is 0.304 e. The Balaban J connectivity index is 1.88. The molecule has 2 amide bonds. The number of benzene rings is 2. The van der Waals surface area contributed by atoms with E-state index in [1.807, 2.05) is 30.3 Å². The van der Waals surface area contributed by atoms with Crippen LogP contribution in [0.5, 0.6) is 0 Å². The standard InChI is InChI=1S/C26H35FN4O4S/c1-20(26(33)28-22-13-7-8-14-22)30(18-17-21-11-5-4-6-12-21)25(32)19-31(36(34,35)29(2)3)24-16-10-9-15-23(24)27/h4-6,9-12,15-16,20,22H,7-8,13-14,17-19H2,1-3H3,(H,28,33). The Hall–Kier alpha value is -2.98. The largest absolute Gasteiger partial charge is 0.352 e. The Morgan fingerprint density at radius 2 is 1.64 bits per heavy atom. The van der Waals surface area contributed by atoms with E-state index in [2.05, 4.69) is 5.32 Å². The molecule has 0 bridgehead atoms. The van der Waals surface area contributed by atoms with Crippen molar-refractivity contribution < 1.29 is 22.4 Å². The molecular formula is C26H35FN4O4S. The zero-order valence-corrected chi connectivity index (χ0v) is 21.9. The Kier molecular flexibility index (Phi) is 9.44. The highest BCUT2D eigenvalue weighted by molar-refractivity contribution is 7.90. The summed E-state index contributed by atoms with van der Waals surface area (Å²) in [5, 5.41) is 3.02. The molecule has 196 valence electrons. The van der Waals surface area contributed by atoms with E-state index in [1.54, 1.807) is 6.92 Å². The van der Waals surface area contributed by atoms with Crippen molar-refractivity contribution in [3.05, 3.63) is 66.0 Å². The molecule has 0 saturated heterocycles. The number of nitrogens with one attached hydrogen (secondary N) is 1. The summed E-state index contributed by atoms with van der Waals surface area (Å²) in [5.74, 6) is -1.64. The average molecular weight is 519 g/mol. The molecule has 10 heteroatoms. The molecule has 2 aromatic rings. The first-order chi connectivity index (χ1) is 17.1. The van der Waals surface area contributed by atoms with Gasteiger partial charge in [-0.25, -0.2) is 8.70 Å². The summed E-state index contributed by atoms with van der Waals surface area (Å²) in [6.07, 6.45) is 4.39. The molecule has 1 aliphatic rings. The number of para-hydroxylation sites is 1. The highest BCUT2D eigenvalue weighted by Gasteiger charge is 2.34. The molecule has 2 aromatic carbocycles. The van der Waals surface area contributed by atoms with E-state index in [4.69, 9.17) is 0 Å². The zero-order chi connectivity index (χ0) is 26.3. The second-order valence-electron chi connectivity index (χ2n) is 9.24. The summed E-state index contributed by atoms with van der Waals surface area (Å²) < 4.78 is 42.5. The number of nitrogens with zero attached hydrogens (tertiary/aromatic N) is 3. The predicted molar refractivity (Wildman–Crippen MR) is 138 cm³/mol. The molecule has 0 radical (unpaired) electrons. The molecule has 0 spiro atoms. The first-order valence-electron chi connectivity index (χ1n) is 12.2. The normalized spacial score (nSPS) is 15.0. The fourth-order valence-corrected chi connectivity index (χ4v) is 5.38. The first kappa shape index (κ1) is 27.6. The molecule has 1 saturated carbocycles. The minimum absolute atomic E-state index is 0.0788. The molecule has 1 atom stereocenters. The lowest BCUT2D eigenvalue weighted by molar-refractivity contribution is -0.139. The maximum atomic E-state index is 14.7. The van der Waals surface area contributed by atoms with Gasteiger partial charge in [0.2, 0.25) is 11.8 Å². The molecule has 1 aliphatic carbocycles. The lowest BCUT2D eigenvalue weighted by atomic mass is 10.1. The Morgan fingerprint density at radius 3 is 2.25 bits per heavy atom. The van der Waals surface area contributed by atoms with Crippen LogP contribution in [-0.4, -0.2) is 68.7 Å². The fourth-order valence-electron chi connectivity index (χ4n) is 4.32. The van der Waals surface area contributed by atoms with Crippen LogP contribution in [0.4, 0.5) is 10.1 Å². The van der Waals surface area contributed by atoms with Crippen LogP contribution in [0.2, 0.25) is 0 Å². The molecule has 1 fully saturated rings. The first-order valence-corrected chi connectivity index (χ1v) is 13.6. The third-order valence-electron chi connectivity index (χ3n) is 6.49. The van der Waals surface area contributed by atoms with Crippen molar-refractivity contribution in [3.63, 3.8) is 0 Å². The van der Waals surface area contributed by atoms with E-state index < -0.39 is 34.5 Å². The molecule has 0 aromatic heterocycles. The Morgan fingerprint density at radius 1 is 1.03 bits per heavy atom. The number of carbonyl (C=O) groups is 2. The summed E-state index contributed by atoms with van der Waals surface area (Å²) in [4.78, 5) is 28.1. The second-order valence-corrected chi connectivity index (χ2v) is 11.3. The van der Waals surface area contributed by atoms with E-state index in [0.29, 0.717) is 6.42 Å². The smallest absolute Gasteiger partial charge is 0.304 e. The van der Waals surface area contributed by atoms with Gasteiger partial charge in [-0.2, -0.15) is 12.7 Å². The number of hydrogen-bond donors (Lipinski definition) is 1. The summed E-state index contributed by atoms with van der Waals surface area (Å²) in [6, 6.07) is 14.2. The molecular weight excluding hydrogens is 483 g/mol. The number of hydrogen-bond acceptors (Lipinski definition) is 4. The van der Waals surface area contributed by atoms with Crippen LogP contribution in [0, 0.1) is 5.82 Å². The summed E-state index contributed by atoms with van der Waals surface area (Å²) in [6.45, 7) is 1.20. The zero-order valence-electron chi connectivity index (χ0n) is 21.1. The van der Waals surface area contributed by atoms with E-state index in [1.165, 1.54) is 37.2 Å². The van der Waals surface area contributed by atoms with E-state index in [0.717, 1.165) is 45.9 Å².